The van der Waals surface area contributed by atoms with Crippen LogP contribution in [-0.4, -0.2) is 6.61 Å². The van der Waals surface area contributed by atoms with Gasteiger partial charge in [0, 0.05) is 17.7 Å². The van der Waals surface area contributed by atoms with E-state index in [2.05, 4.69) is 5.92 Å². The van der Waals surface area contributed by atoms with Crippen molar-refractivity contribution in [3.63, 3.8) is 0 Å². The molecular weight excluding hydrogens is 174 g/mol. The molecule has 2 N–H and O–H groups in total. The van der Waals surface area contributed by atoms with Gasteiger partial charge in [-0.25, -0.2) is 0 Å². The lowest BCUT2D eigenvalue weighted by Crippen LogP contribution is -2.00. The summed E-state index contributed by atoms with van der Waals surface area (Å²) in [6, 6.07) is 5.67. The van der Waals surface area contributed by atoms with Crippen LogP contribution in [0.4, 0.5) is 5.69 Å². The Morgan fingerprint density at radius 3 is 3.00 bits per heavy atom. The summed E-state index contributed by atoms with van der Waals surface area (Å²) in [5.74, 6) is 3.42. The van der Waals surface area contributed by atoms with Crippen molar-refractivity contribution in [1.82, 2.24) is 0 Å². The predicted molar refractivity (Wildman–Crippen MR) is 59.2 cm³/mol. The topological polar surface area (TPSA) is 35.2 Å². The third-order valence-electron chi connectivity index (χ3n) is 2.05. The fourth-order valence-electron chi connectivity index (χ4n) is 1.14. The maximum absolute atomic E-state index is 5.74. The van der Waals surface area contributed by atoms with Crippen LogP contribution in [0, 0.1) is 19.3 Å². The van der Waals surface area contributed by atoms with Gasteiger partial charge in [-0.1, -0.05) is 6.07 Å². The Morgan fingerprint density at radius 2 is 2.29 bits per heavy atom. The average Bonchev–Trinajstić information content (AvgIpc) is 2.19. The van der Waals surface area contributed by atoms with Crippen LogP contribution in [-0.2, 0) is 0 Å². The van der Waals surface area contributed by atoms with Gasteiger partial charge in [0.25, 0.3) is 0 Å². The number of terminal acetylenes is 1. The zero-order valence-corrected chi connectivity index (χ0v) is 8.42. The van der Waals surface area contributed by atoms with E-state index >= 15 is 0 Å². The zero-order chi connectivity index (χ0) is 10.4. The molecule has 0 aliphatic rings. The van der Waals surface area contributed by atoms with E-state index in [0.29, 0.717) is 6.61 Å². The van der Waals surface area contributed by atoms with Crippen molar-refractivity contribution in [2.45, 2.75) is 19.8 Å². The van der Waals surface area contributed by atoms with Crippen LogP contribution in [0.3, 0.4) is 0 Å². The van der Waals surface area contributed by atoms with Crippen molar-refractivity contribution < 1.29 is 4.74 Å². The molecule has 2 heteroatoms. The summed E-state index contributed by atoms with van der Waals surface area (Å²) in [6.07, 6.45) is 6.77. The Labute approximate surface area is 85.1 Å². The van der Waals surface area contributed by atoms with Gasteiger partial charge in [-0.05, 0) is 25.5 Å². The lowest BCUT2D eigenvalue weighted by Gasteiger charge is -2.09. The van der Waals surface area contributed by atoms with Crippen molar-refractivity contribution in [3.05, 3.63) is 23.8 Å². The first-order valence-corrected chi connectivity index (χ1v) is 4.67. The Hall–Kier alpha value is -1.62. The van der Waals surface area contributed by atoms with Gasteiger partial charge < -0.3 is 10.5 Å². The number of hydrogen-bond donors (Lipinski definition) is 1. The molecule has 0 spiro atoms. The van der Waals surface area contributed by atoms with E-state index in [1.54, 1.807) is 0 Å². The highest BCUT2D eigenvalue weighted by atomic mass is 16.5. The molecule has 14 heavy (non-hydrogen) atoms. The molecule has 0 aliphatic carbocycles. The summed E-state index contributed by atoms with van der Waals surface area (Å²) in [6.45, 7) is 2.60. The third kappa shape index (κ3) is 2.70. The van der Waals surface area contributed by atoms with Crippen LogP contribution in [0.5, 0.6) is 5.75 Å². The molecule has 0 bridgehead atoms. The molecule has 1 rings (SSSR count). The SMILES string of the molecule is C#CCCCOc1cccc(N)c1C. The molecule has 0 saturated carbocycles. The van der Waals surface area contributed by atoms with Gasteiger partial charge in [0.05, 0.1) is 6.61 Å². The highest BCUT2D eigenvalue weighted by Crippen LogP contribution is 2.22. The average molecular weight is 189 g/mol. The fourth-order valence-corrected chi connectivity index (χ4v) is 1.14. The van der Waals surface area contributed by atoms with Gasteiger partial charge in [-0.2, -0.15) is 0 Å². The van der Waals surface area contributed by atoms with Crippen LogP contribution in [0.25, 0.3) is 0 Å². The third-order valence-corrected chi connectivity index (χ3v) is 2.05. The van der Waals surface area contributed by atoms with E-state index in [0.717, 1.165) is 29.8 Å². The molecule has 0 atom stereocenters. The van der Waals surface area contributed by atoms with Gasteiger partial charge in [0.2, 0.25) is 0 Å². The van der Waals surface area contributed by atoms with E-state index in [1.807, 2.05) is 25.1 Å². The molecule has 0 fully saturated rings. The number of nitrogen functional groups attached to an aromatic ring is 1. The molecule has 0 heterocycles. The van der Waals surface area contributed by atoms with Crippen LogP contribution in [0.2, 0.25) is 0 Å². The van der Waals surface area contributed by atoms with E-state index in [1.165, 1.54) is 0 Å². The number of ether oxygens (including phenoxy) is 1. The number of anilines is 1. The van der Waals surface area contributed by atoms with Crippen molar-refractivity contribution in [2.75, 3.05) is 12.3 Å². The first-order valence-electron chi connectivity index (χ1n) is 4.67. The summed E-state index contributed by atoms with van der Waals surface area (Å²) in [7, 11) is 0. The molecule has 74 valence electrons. The standard InChI is InChI=1S/C12H15NO/c1-3-4-5-9-14-12-8-6-7-11(13)10(12)2/h1,6-8H,4-5,9,13H2,2H3. The summed E-state index contributed by atoms with van der Waals surface area (Å²) in [4.78, 5) is 0. The van der Waals surface area contributed by atoms with Crippen molar-refractivity contribution in [2.24, 2.45) is 0 Å². The molecule has 0 amide bonds. The first kappa shape index (κ1) is 10.5. The first-order chi connectivity index (χ1) is 6.75. The van der Waals surface area contributed by atoms with E-state index in [-0.39, 0.29) is 0 Å². The monoisotopic (exact) mass is 189 g/mol. The molecular formula is C12H15NO. The molecule has 2 nitrogen and oxygen atoms in total. The van der Waals surface area contributed by atoms with E-state index in [9.17, 15) is 0 Å². The maximum atomic E-state index is 5.74. The Morgan fingerprint density at radius 1 is 1.50 bits per heavy atom. The lowest BCUT2D eigenvalue weighted by atomic mass is 10.2. The molecule has 0 aromatic heterocycles. The second-order valence-corrected chi connectivity index (χ2v) is 3.13. The van der Waals surface area contributed by atoms with Crippen molar-refractivity contribution >= 4 is 5.69 Å². The Kier molecular flexibility index (Phi) is 3.87. The molecule has 0 radical (unpaired) electrons. The van der Waals surface area contributed by atoms with E-state index in [4.69, 9.17) is 16.9 Å². The molecule has 1 aromatic rings. The van der Waals surface area contributed by atoms with Gasteiger partial charge in [0.1, 0.15) is 5.75 Å². The maximum Gasteiger partial charge on any atom is 0.124 e. The summed E-state index contributed by atoms with van der Waals surface area (Å²) < 4.78 is 5.54. The summed E-state index contributed by atoms with van der Waals surface area (Å²) in [5.41, 5.74) is 7.50. The number of benzene rings is 1. The molecule has 0 saturated heterocycles. The Bertz CT molecular complexity index is 339. The quantitative estimate of drug-likeness (QED) is 0.448. The largest absolute Gasteiger partial charge is 0.493 e. The van der Waals surface area contributed by atoms with Crippen molar-refractivity contribution in [3.8, 4) is 18.1 Å². The minimum Gasteiger partial charge on any atom is -0.493 e. The van der Waals surface area contributed by atoms with Crippen LogP contribution >= 0.6 is 0 Å². The normalized spacial score (nSPS) is 9.43. The highest BCUT2D eigenvalue weighted by Gasteiger charge is 2.00. The number of unbranched alkanes of at least 4 members (excludes halogenated alkanes) is 1. The molecule has 0 aliphatic heterocycles. The predicted octanol–water partition coefficient (Wildman–Crippen LogP) is 2.37. The molecule has 1 aromatic carbocycles. The number of rotatable bonds is 4. The lowest BCUT2D eigenvalue weighted by molar-refractivity contribution is 0.311. The number of hydrogen-bond acceptors (Lipinski definition) is 2. The van der Waals surface area contributed by atoms with Crippen LogP contribution < -0.4 is 10.5 Å². The van der Waals surface area contributed by atoms with Gasteiger partial charge in [-0.15, -0.1) is 12.3 Å². The van der Waals surface area contributed by atoms with E-state index < -0.39 is 0 Å². The second-order valence-electron chi connectivity index (χ2n) is 3.13. The van der Waals surface area contributed by atoms with Gasteiger partial charge in [0.15, 0.2) is 0 Å². The van der Waals surface area contributed by atoms with Crippen LogP contribution in [0.1, 0.15) is 18.4 Å². The molecule has 0 unspecified atom stereocenters. The minimum atomic E-state index is 0.647. The summed E-state index contributed by atoms with van der Waals surface area (Å²) >= 11 is 0. The van der Waals surface area contributed by atoms with Gasteiger partial charge >= 0.3 is 0 Å². The smallest absolute Gasteiger partial charge is 0.124 e. The number of nitrogens with two attached hydrogens (primary N) is 1. The highest BCUT2D eigenvalue weighted by molar-refractivity contribution is 5.53. The van der Waals surface area contributed by atoms with Crippen LogP contribution in [0.15, 0.2) is 18.2 Å². The fraction of sp³-hybridized carbons (Fsp3) is 0.333. The van der Waals surface area contributed by atoms with Gasteiger partial charge in [-0.3, -0.25) is 0 Å². The van der Waals surface area contributed by atoms with Crippen molar-refractivity contribution in [1.29, 1.82) is 0 Å². The Balaban J connectivity index is 2.51. The summed E-state index contributed by atoms with van der Waals surface area (Å²) in [5, 5.41) is 0. The minimum absolute atomic E-state index is 0.647. The zero-order valence-electron chi connectivity index (χ0n) is 8.42. The second kappa shape index (κ2) is 5.18.